The van der Waals surface area contributed by atoms with Crippen LogP contribution in [0.5, 0.6) is 0 Å². The second-order valence-corrected chi connectivity index (χ2v) is 5.03. The molecule has 0 amide bonds. The average molecular weight is 276 g/mol. The van der Waals surface area contributed by atoms with Crippen LogP contribution in [0, 0.1) is 13.8 Å². The lowest BCUT2D eigenvalue weighted by molar-refractivity contribution is 0.112. The van der Waals surface area contributed by atoms with Crippen molar-refractivity contribution in [2.45, 2.75) is 13.8 Å². The van der Waals surface area contributed by atoms with Crippen LogP contribution in [0.4, 0.5) is 0 Å². The van der Waals surface area contributed by atoms with Crippen molar-refractivity contribution in [2.24, 2.45) is 0 Å². The minimum absolute atomic E-state index is 0.685. The van der Waals surface area contributed by atoms with E-state index >= 15 is 0 Å². The number of hydrogen-bond donors (Lipinski definition) is 0. The highest BCUT2D eigenvalue weighted by Gasteiger charge is 2.14. The summed E-state index contributed by atoms with van der Waals surface area (Å²) in [4.78, 5) is 10.8. The van der Waals surface area contributed by atoms with Gasteiger partial charge in [0, 0.05) is 16.8 Å². The summed E-state index contributed by atoms with van der Waals surface area (Å²) < 4.78 is 1.96. The molecule has 1 heterocycles. The summed E-state index contributed by atoms with van der Waals surface area (Å²) in [6.07, 6.45) is 0.858. The molecule has 21 heavy (non-hydrogen) atoms. The predicted octanol–water partition coefficient (Wildman–Crippen LogP) is 3.97. The van der Waals surface area contributed by atoms with Crippen LogP contribution in [-0.2, 0) is 0 Å². The Bertz CT molecular complexity index is 771. The Labute approximate surface area is 123 Å². The van der Waals surface area contributed by atoms with Crippen LogP contribution in [0.25, 0.3) is 16.8 Å². The van der Waals surface area contributed by atoms with Crippen LogP contribution in [0.2, 0.25) is 0 Å². The van der Waals surface area contributed by atoms with E-state index in [0.29, 0.717) is 5.56 Å². The first-order valence-corrected chi connectivity index (χ1v) is 6.88. The number of rotatable bonds is 3. The molecule has 0 saturated carbocycles. The number of hydrogen-bond acceptors (Lipinski definition) is 2. The summed E-state index contributed by atoms with van der Waals surface area (Å²) in [6.45, 7) is 4.07. The Morgan fingerprint density at radius 2 is 1.62 bits per heavy atom. The highest BCUT2D eigenvalue weighted by molar-refractivity contribution is 5.78. The molecule has 3 nitrogen and oxygen atoms in total. The first-order valence-electron chi connectivity index (χ1n) is 6.88. The second kappa shape index (κ2) is 5.37. The summed E-state index contributed by atoms with van der Waals surface area (Å²) in [5.41, 5.74) is 6.01. The molecule has 3 aromatic rings. The van der Waals surface area contributed by atoms with Gasteiger partial charge in [-0.15, -0.1) is 0 Å². The maximum atomic E-state index is 10.8. The molecule has 0 aliphatic rings. The molecule has 0 unspecified atom stereocenters. The summed E-state index contributed by atoms with van der Waals surface area (Å²) in [5.74, 6) is 0. The van der Waals surface area contributed by atoms with Crippen molar-refractivity contribution in [3.63, 3.8) is 0 Å². The summed E-state index contributed by atoms with van der Waals surface area (Å²) in [6, 6.07) is 17.7. The molecule has 0 bridgehead atoms. The SMILES string of the molecule is Cc1nn(-c2ccccc2)c(C)c1-c1ccc(C=O)cc1. The van der Waals surface area contributed by atoms with Crippen LogP contribution < -0.4 is 0 Å². The normalized spacial score (nSPS) is 10.6. The molecule has 3 heteroatoms. The number of aromatic nitrogens is 2. The fourth-order valence-electron chi connectivity index (χ4n) is 2.61. The zero-order valence-electron chi connectivity index (χ0n) is 12.1. The number of carbonyl (C=O) groups excluding carboxylic acids is 1. The highest BCUT2D eigenvalue weighted by Crippen LogP contribution is 2.28. The van der Waals surface area contributed by atoms with E-state index in [0.717, 1.165) is 34.5 Å². The van der Waals surface area contributed by atoms with Gasteiger partial charge in [0.25, 0.3) is 0 Å². The number of nitrogens with zero attached hydrogens (tertiary/aromatic N) is 2. The third-order valence-corrected chi connectivity index (χ3v) is 3.63. The number of aryl methyl sites for hydroxylation is 1. The number of carbonyl (C=O) groups is 1. The lowest BCUT2D eigenvalue weighted by atomic mass is 10.0. The van der Waals surface area contributed by atoms with Crippen LogP contribution in [-0.4, -0.2) is 16.1 Å². The van der Waals surface area contributed by atoms with Gasteiger partial charge in [-0.1, -0.05) is 42.5 Å². The van der Waals surface area contributed by atoms with E-state index in [1.807, 2.05) is 66.2 Å². The van der Waals surface area contributed by atoms with Gasteiger partial charge in [-0.05, 0) is 31.5 Å². The largest absolute Gasteiger partial charge is 0.298 e. The summed E-state index contributed by atoms with van der Waals surface area (Å²) >= 11 is 0. The van der Waals surface area contributed by atoms with Gasteiger partial charge in [0.05, 0.1) is 11.4 Å². The fraction of sp³-hybridized carbons (Fsp3) is 0.111. The van der Waals surface area contributed by atoms with Crippen molar-refractivity contribution in [1.29, 1.82) is 0 Å². The molecule has 0 atom stereocenters. The van der Waals surface area contributed by atoms with E-state index in [1.165, 1.54) is 0 Å². The number of para-hydroxylation sites is 1. The van der Waals surface area contributed by atoms with E-state index in [9.17, 15) is 4.79 Å². The number of aldehydes is 1. The van der Waals surface area contributed by atoms with Gasteiger partial charge in [-0.3, -0.25) is 4.79 Å². The van der Waals surface area contributed by atoms with Gasteiger partial charge in [0.1, 0.15) is 6.29 Å². The monoisotopic (exact) mass is 276 g/mol. The summed E-state index contributed by atoms with van der Waals surface area (Å²) in [7, 11) is 0. The van der Waals surface area contributed by atoms with Crippen molar-refractivity contribution < 1.29 is 4.79 Å². The second-order valence-electron chi connectivity index (χ2n) is 5.03. The van der Waals surface area contributed by atoms with Gasteiger partial charge in [0.15, 0.2) is 0 Å². The molecule has 1 aromatic heterocycles. The minimum Gasteiger partial charge on any atom is -0.298 e. The first-order chi connectivity index (χ1) is 10.2. The molecule has 0 aliphatic carbocycles. The van der Waals surface area contributed by atoms with Gasteiger partial charge in [-0.25, -0.2) is 4.68 Å². The smallest absolute Gasteiger partial charge is 0.150 e. The summed E-state index contributed by atoms with van der Waals surface area (Å²) in [5, 5.41) is 4.65. The van der Waals surface area contributed by atoms with Gasteiger partial charge >= 0.3 is 0 Å². The zero-order chi connectivity index (χ0) is 14.8. The Hall–Kier alpha value is -2.68. The molecule has 0 N–H and O–H groups in total. The third-order valence-electron chi connectivity index (χ3n) is 3.63. The van der Waals surface area contributed by atoms with Crippen LogP contribution in [0.15, 0.2) is 54.6 Å². The van der Waals surface area contributed by atoms with Crippen molar-refractivity contribution in [3.05, 3.63) is 71.5 Å². The lowest BCUT2D eigenvalue weighted by Gasteiger charge is -2.05. The lowest BCUT2D eigenvalue weighted by Crippen LogP contribution is -1.98. The maximum Gasteiger partial charge on any atom is 0.150 e. The topological polar surface area (TPSA) is 34.9 Å². The van der Waals surface area contributed by atoms with E-state index < -0.39 is 0 Å². The molecule has 3 rings (SSSR count). The standard InChI is InChI=1S/C18H16N2O/c1-13-18(16-10-8-15(12-21)9-11-16)14(2)20(19-13)17-6-4-3-5-7-17/h3-12H,1-2H3. The molecule has 0 saturated heterocycles. The van der Waals surface area contributed by atoms with E-state index in [4.69, 9.17) is 0 Å². The average Bonchev–Trinajstić information content (AvgIpc) is 2.83. The van der Waals surface area contributed by atoms with E-state index in [2.05, 4.69) is 12.0 Å². The van der Waals surface area contributed by atoms with E-state index in [1.54, 1.807) is 0 Å². The van der Waals surface area contributed by atoms with Crippen LogP contribution >= 0.6 is 0 Å². The van der Waals surface area contributed by atoms with Crippen LogP contribution in [0.3, 0.4) is 0 Å². The highest BCUT2D eigenvalue weighted by atomic mass is 16.1. The van der Waals surface area contributed by atoms with Crippen molar-refractivity contribution in [2.75, 3.05) is 0 Å². The molecule has 104 valence electrons. The van der Waals surface area contributed by atoms with E-state index in [-0.39, 0.29) is 0 Å². The van der Waals surface area contributed by atoms with Gasteiger partial charge < -0.3 is 0 Å². The Morgan fingerprint density at radius 1 is 0.952 bits per heavy atom. The molecule has 0 spiro atoms. The Morgan fingerprint density at radius 3 is 2.24 bits per heavy atom. The fourth-order valence-corrected chi connectivity index (χ4v) is 2.61. The van der Waals surface area contributed by atoms with Gasteiger partial charge in [0.2, 0.25) is 0 Å². The molecule has 0 fully saturated rings. The first kappa shape index (κ1) is 13.3. The third kappa shape index (κ3) is 2.38. The maximum absolute atomic E-state index is 10.8. The van der Waals surface area contributed by atoms with Crippen molar-refractivity contribution in [3.8, 4) is 16.8 Å². The zero-order valence-corrected chi connectivity index (χ0v) is 12.1. The Balaban J connectivity index is 2.11. The van der Waals surface area contributed by atoms with Crippen LogP contribution in [0.1, 0.15) is 21.7 Å². The molecule has 0 radical (unpaired) electrons. The van der Waals surface area contributed by atoms with Gasteiger partial charge in [-0.2, -0.15) is 5.10 Å². The van der Waals surface area contributed by atoms with Crippen molar-refractivity contribution in [1.82, 2.24) is 9.78 Å². The molecule has 2 aromatic carbocycles. The molecule has 0 aliphatic heterocycles. The Kier molecular flexibility index (Phi) is 3.40. The molecular formula is C18H16N2O. The minimum atomic E-state index is 0.685. The quantitative estimate of drug-likeness (QED) is 0.678. The van der Waals surface area contributed by atoms with Crippen molar-refractivity contribution >= 4 is 6.29 Å². The number of benzene rings is 2. The predicted molar refractivity (Wildman–Crippen MR) is 83.9 cm³/mol. The molecular weight excluding hydrogens is 260 g/mol.